The van der Waals surface area contributed by atoms with E-state index in [1.165, 1.54) is 19.4 Å². The highest BCUT2D eigenvalue weighted by Crippen LogP contribution is 2.41. The summed E-state index contributed by atoms with van der Waals surface area (Å²) in [5.41, 5.74) is 0.0661. The molecule has 0 fully saturated rings. The van der Waals surface area contributed by atoms with Crippen LogP contribution in [0.15, 0.2) is 32.0 Å². The normalized spacial score (nSPS) is 9.73. The van der Waals surface area contributed by atoms with E-state index in [0.29, 0.717) is 16.9 Å². The number of phenols is 1. The van der Waals surface area contributed by atoms with Crippen LogP contribution in [-0.2, 0) is 0 Å². The number of hydrogen-bond acceptors (Lipinski definition) is 5. The van der Waals surface area contributed by atoms with Gasteiger partial charge in [0.15, 0.2) is 16.6 Å². The number of benzene rings is 1. The number of methoxy groups -OCH3 is 1. The average Bonchev–Trinajstić information content (AvgIpc) is 3.02. The molecule has 120 valence electrons. The lowest BCUT2D eigenvalue weighted by molar-refractivity contribution is 0.418. The molecule has 3 rings (SSSR count). The van der Waals surface area contributed by atoms with Gasteiger partial charge in [-0.3, -0.25) is 4.79 Å². The molecule has 2 aromatic heterocycles. The number of aromatic hydroxyl groups is 1. The van der Waals surface area contributed by atoms with Crippen molar-refractivity contribution in [2.75, 3.05) is 12.0 Å². The minimum Gasteiger partial charge on any atom is -0.502 e. The van der Waals surface area contributed by atoms with Gasteiger partial charge in [0.05, 0.1) is 18.8 Å². The number of phenolic OH excluding ortho intramolecular Hbond substituents is 1. The molecule has 22 heavy (non-hydrogen) atoms. The lowest BCUT2D eigenvalue weighted by Crippen LogP contribution is -2.03. The lowest BCUT2D eigenvalue weighted by atomic mass is 10.1. The summed E-state index contributed by atoms with van der Waals surface area (Å²) in [5.74, 6) is 0.572. The number of furan rings is 1. The zero-order valence-corrected chi connectivity index (χ0v) is 15.3. The highest BCUT2D eigenvalue weighted by Gasteiger charge is 2.20. The summed E-state index contributed by atoms with van der Waals surface area (Å²) >= 11 is 2.15. The Bertz CT molecular complexity index is 817. The standard InChI is InChI=1S/C13H10O5.C2H6.CH3I/c1-6-5-8(14)9-11(16-2)7-3-4-17-12(7)10(15)13(9)18-6;2*1-2/h3-5,15H,1-2H3;1-2H3;1H3. The Hall–Kier alpha value is -1.70. The molecule has 0 saturated carbocycles. The Morgan fingerprint density at radius 2 is 1.86 bits per heavy atom. The molecule has 0 amide bonds. The molecule has 0 spiro atoms. The van der Waals surface area contributed by atoms with Gasteiger partial charge in [-0.25, -0.2) is 0 Å². The van der Waals surface area contributed by atoms with Gasteiger partial charge in [-0.2, -0.15) is 0 Å². The maximum Gasteiger partial charge on any atom is 0.203 e. The van der Waals surface area contributed by atoms with Crippen LogP contribution in [0.1, 0.15) is 19.6 Å². The third-order valence-electron chi connectivity index (χ3n) is 2.84. The fraction of sp³-hybridized carbons (Fsp3) is 0.312. The lowest BCUT2D eigenvalue weighted by Gasteiger charge is -2.07. The molecule has 0 unspecified atom stereocenters. The van der Waals surface area contributed by atoms with Crippen LogP contribution in [0.4, 0.5) is 0 Å². The summed E-state index contributed by atoms with van der Waals surface area (Å²) < 4.78 is 15.8. The summed E-state index contributed by atoms with van der Waals surface area (Å²) in [4.78, 5) is 14.0. The van der Waals surface area contributed by atoms with Gasteiger partial charge >= 0.3 is 0 Å². The average molecular weight is 418 g/mol. The van der Waals surface area contributed by atoms with Crippen LogP contribution in [0.5, 0.6) is 11.5 Å². The molecule has 0 saturated heterocycles. The van der Waals surface area contributed by atoms with Gasteiger partial charge in [0.2, 0.25) is 5.75 Å². The Kier molecular flexibility index (Phi) is 6.73. The number of halogens is 1. The predicted molar refractivity (Wildman–Crippen MR) is 96.5 cm³/mol. The fourth-order valence-electron chi connectivity index (χ4n) is 2.11. The molecule has 0 aliphatic carbocycles. The maximum atomic E-state index is 12.0. The first-order chi connectivity index (χ1) is 10.6. The minimum absolute atomic E-state index is 0.0827. The van der Waals surface area contributed by atoms with Crippen molar-refractivity contribution in [2.24, 2.45) is 0 Å². The Morgan fingerprint density at radius 1 is 1.23 bits per heavy atom. The zero-order valence-electron chi connectivity index (χ0n) is 13.2. The minimum atomic E-state index is -0.260. The Morgan fingerprint density at radius 3 is 2.45 bits per heavy atom. The molecule has 0 radical (unpaired) electrons. The SMILES string of the molecule is CC.CI.COc1c2ccoc2c(O)c2oc(C)cc(=O)c12. The van der Waals surface area contributed by atoms with E-state index in [1.807, 2.05) is 18.8 Å². The van der Waals surface area contributed by atoms with Gasteiger partial charge in [-0.05, 0) is 17.9 Å². The van der Waals surface area contributed by atoms with E-state index in [9.17, 15) is 9.90 Å². The monoisotopic (exact) mass is 418 g/mol. The summed E-state index contributed by atoms with van der Waals surface area (Å²) in [6.45, 7) is 5.64. The van der Waals surface area contributed by atoms with Crippen LogP contribution in [-0.4, -0.2) is 17.1 Å². The summed E-state index contributed by atoms with van der Waals surface area (Å²) in [5, 5.41) is 10.8. The molecule has 3 aromatic rings. The zero-order chi connectivity index (χ0) is 16.9. The van der Waals surface area contributed by atoms with Gasteiger partial charge in [0.1, 0.15) is 16.9 Å². The smallest absolute Gasteiger partial charge is 0.203 e. The van der Waals surface area contributed by atoms with E-state index < -0.39 is 0 Å². The molecule has 0 aliphatic rings. The van der Waals surface area contributed by atoms with E-state index in [1.54, 1.807) is 13.0 Å². The molecule has 0 aliphatic heterocycles. The molecule has 2 heterocycles. The van der Waals surface area contributed by atoms with Crippen LogP contribution in [0.3, 0.4) is 0 Å². The van der Waals surface area contributed by atoms with E-state index in [4.69, 9.17) is 13.6 Å². The van der Waals surface area contributed by atoms with Crippen LogP contribution >= 0.6 is 22.6 Å². The van der Waals surface area contributed by atoms with Crippen molar-refractivity contribution in [2.45, 2.75) is 20.8 Å². The van der Waals surface area contributed by atoms with E-state index in [0.717, 1.165) is 0 Å². The van der Waals surface area contributed by atoms with Crippen molar-refractivity contribution >= 4 is 44.5 Å². The second-order valence-corrected chi connectivity index (χ2v) is 3.97. The predicted octanol–water partition coefficient (Wildman–Crippen LogP) is 4.64. The highest BCUT2D eigenvalue weighted by molar-refractivity contribution is 14.1. The van der Waals surface area contributed by atoms with Crippen LogP contribution in [0.25, 0.3) is 21.9 Å². The topological polar surface area (TPSA) is 72.8 Å². The second-order valence-electron chi connectivity index (χ2n) is 3.97. The largest absolute Gasteiger partial charge is 0.502 e. The molecule has 1 N–H and O–H groups in total. The van der Waals surface area contributed by atoms with Crippen LogP contribution in [0.2, 0.25) is 0 Å². The number of ether oxygens (including phenoxy) is 1. The fourth-order valence-corrected chi connectivity index (χ4v) is 2.11. The molecule has 5 nitrogen and oxygen atoms in total. The van der Waals surface area contributed by atoms with Crippen LogP contribution < -0.4 is 10.2 Å². The molecule has 0 atom stereocenters. The van der Waals surface area contributed by atoms with Crippen molar-refractivity contribution in [1.29, 1.82) is 0 Å². The van der Waals surface area contributed by atoms with Gasteiger partial charge in [0, 0.05) is 6.07 Å². The third kappa shape index (κ3) is 3.06. The highest BCUT2D eigenvalue weighted by atomic mass is 127. The number of aryl methyl sites for hydroxylation is 1. The van der Waals surface area contributed by atoms with Crippen molar-refractivity contribution in [3.63, 3.8) is 0 Å². The van der Waals surface area contributed by atoms with E-state index in [-0.39, 0.29) is 27.7 Å². The maximum absolute atomic E-state index is 12.0. The number of alkyl halides is 1. The van der Waals surface area contributed by atoms with Crippen molar-refractivity contribution < 1.29 is 18.7 Å². The Balaban J connectivity index is 0.000000561. The first kappa shape index (κ1) is 18.3. The number of fused-ring (bicyclic) bond motifs is 2. The molecule has 6 heteroatoms. The third-order valence-corrected chi connectivity index (χ3v) is 2.84. The van der Waals surface area contributed by atoms with E-state index in [2.05, 4.69) is 22.6 Å². The number of hydrogen-bond donors (Lipinski definition) is 1. The first-order valence-corrected chi connectivity index (χ1v) is 8.87. The number of rotatable bonds is 1. The molecular formula is C16H19IO5. The summed E-state index contributed by atoms with van der Waals surface area (Å²) in [6.07, 6.45) is 1.42. The van der Waals surface area contributed by atoms with Gasteiger partial charge in [-0.15, -0.1) is 0 Å². The first-order valence-electron chi connectivity index (χ1n) is 6.72. The second kappa shape index (κ2) is 8.07. The summed E-state index contributed by atoms with van der Waals surface area (Å²) in [6, 6.07) is 2.99. The molecule has 1 aromatic carbocycles. The van der Waals surface area contributed by atoms with Gasteiger partial charge in [-0.1, -0.05) is 36.4 Å². The quantitative estimate of drug-likeness (QED) is 0.461. The molecular weight excluding hydrogens is 399 g/mol. The van der Waals surface area contributed by atoms with Crippen molar-refractivity contribution in [3.05, 3.63) is 34.4 Å². The van der Waals surface area contributed by atoms with Gasteiger partial charge < -0.3 is 18.7 Å². The van der Waals surface area contributed by atoms with Crippen molar-refractivity contribution in [1.82, 2.24) is 0 Å². The van der Waals surface area contributed by atoms with Crippen molar-refractivity contribution in [3.8, 4) is 11.5 Å². The van der Waals surface area contributed by atoms with Crippen LogP contribution in [0, 0.1) is 6.92 Å². The Labute approximate surface area is 142 Å². The summed E-state index contributed by atoms with van der Waals surface area (Å²) in [7, 11) is 1.46. The van der Waals surface area contributed by atoms with E-state index >= 15 is 0 Å². The molecule has 0 bridgehead atoms. The van der Waals surface area contributed by atoms with Gasteiger partial charge in [0.25, 0.3) is 0 Å².